The highest BCUT2D eigenvalue weighted by molar-refractivity contribution is 4.55. The summed E-state index contributed by atoms with van der Waals surface area (Å²) in [6.07, 6.45) is 0. The number of hydroxylamine groups is 2. The minimum atomic E-state index is 0.643. The second-order valence-corrected chi connectivity index (χ2v) is 2.64. The quantitative estimate of drug-likeness (QED) is 0.476. The second-order valence-electron chi connectivity index (χ2n) is 2.64. The molecule has 54 valence electrons. The van der Waals surface area contributed by atoms with Gasteiger partial charge in [-0.25, -0.2) is 0 Å². The van der Waals surface area contributed by atoms with Gasteiger partial charge in [0.1, 0.15) is 0 Å². The summed E-state index contributed by atoms with van der Waals surface area (Å²) < 4.78 is 0. The Hall–Kier alpha value is -0.160. The highest BCUT2D eigenvalue weighted by Crippen LogP contribution is 1.98. The van der Waals surface area contributed by atoms with Gasteiger partial charge in [-0.1, -0.05) is 0 Å². The van der Waals surface area contributed by atoms with Crippen LogP contribution < -0.4 is 0 Å². The van der Waals surface area contributed by atoms with Crippen LogP contribution >= 0.6 is 0 Å². The van der Waals surface area contributed by atoms with Gasteiger partial charge in [0.25, 0.3) is 0 Å². The molecule has 1 saturated heterocycles. The van der Waals surface area contributed by atoms with Gasteiger partial charge in [0.15, 0.2) is 0 Å². The van der Waals surface area contributed by atoms with Crippen LogP contribution in [0.2, 0.25) is 0 Å². The van der Waals surface area contributed by atoms with Crippen molar-refractivity contribution in [3.05, 3.63) is 0 Å². The van der Waals surface area contributed by atoms with Crippen LogP contribution in [-0.4, -0.2) is 54.2 Å². The van der Waals surface area contributed by atoms with Crippen LogP contribution in [0.15, 0.2) is 0 Å². The maximum Gasteiger partial charge on any atom is 0.0776 e. The summed E-state index contributed by atoms with van der Waals surface area (Å²) >= 11 is 0. The average Bonchev–Trinajstić information content (AvgIpc) is 1.59. The molecule has 1 fully saturated rings. The number of rotatable bonds is 0. The maximum absolute atomic E-state index is 9.00. The topological polar surface area (TPSA) is 30.0 Å². The van der Waals surface area contributed by atoms with Crippen molar-refractivity contribution in [1.29, 1.82) is 0 Å². The molecule has 0 aromatic rings. The third kappa shape index (κ3) is 1.91. The van der Waals surface area contributed by atoms with Crippen molar-refractivity contribution in [1.82, 2.24) is 14.9 Å². The number of nitrogens with zero attached hydrogens (tertiary/aromatic N) is 3. The Bertz CT molecular complexity index is 73.2. The van der Waals surface area contributed by atoms with Gasteiger partial charge in [0, 0.05) is 0 Å². The highest BCUT2D eigenvalue weighted by Gasteiger charge is 2.14. The lowest BCUT2D eigenvalue weighted by Gasteiger charge is -2.34. The smallest absolute Gasteiger partial charge is 0.0776 e. The van der Waals surface area contributed by atoms with Gasteiger partial charge in [0.2, 0.25) is 0 Å². The first kappa shape index (κ1) is 6.95. The third-order valence-corrected chi connectivity index (χ3v) is 1.29. The molecule has 0 aromatic heterocycles. The van der Waals surface area contributed by atoms with E-state index in [1.54, 1.807) is 0 Å². The van der Waals surface area contributed by atoms with E-state index in [0.717, 1.165) is 6.67 Å². The molecule has 0 spiro atoms. The van der Waals surface area contributed by atoms with E-state index in [9.17, 15) is 0 Å². The van der Waals surface area contributed by atoms with E-state index >= 15 is 0 Å². The number of hydrogen-bond donors (Lipinski definition) is 1. The summed E-state index contributed by atoms with van der Waals surface area (Å²) in [6, 6.07) is 0. The molecule has 9 heavy (non-hydrogen) atoms. The summed E-state index contributed by atoms with van der Waals surface area (Å²) in [5.74, 6) is 0. The average molecular weight is 131 g/mol. The van der Waals surface area contributed by atoms with E-state index in [0.29, 0.717) is 13.3 Å². The van der Waals surface area contributed by atoms with Crippen molar-refractivity contribution in [2.45, 2.75) is 0 Å². The predicted octanol–water partition coefficient (Wildman–Crippen LogP) is -0.573. The Morgan fingerprint density at radius 2 is 1.44 bits per heavy atom. The van der Waals surface area contributed by atoms with Crippen molar-refractivity contribution in [3.8, 4) is 0 Å². The molecule has 1 heterocycles. The van der Waals surface area contributed by atoms with Gasteiger partial charge in [-0.15, -0.1) is 0 Å². The molecule has 0 saturated carbocycles. The van der Waals surface area contributed by atoms with Crippen LogP contribution in [0.1, 0.15) is 0 Å². The van der Waals surface area contributed by atoms with Crippen molar-refractivity contribution in [2.75, 3.05) is 34.1 Å². The first-order valence-corrected chi connectivity index (χ1v) is 2.99. The molecule has 0 aliphatic carbocycles. The van der Waals surface area contributed by atoms with Gasteiger partial charge in [-0.3, -0.25) is 9.80 Å². The minimum Gasteiger partial charge on any atom is -0.311 e. The molecule has 0 unspecified atom stereocenters. The zero-order valence-corrected chi connectivity index (χ0v) is 5.91. The second kappa shape index (κ2) is 2.62. The van der Waals surface area contributed by atoms with Crippen LogP contribution in [-0.2, 0) is 0 Å². The summed E-state index contributed by atoms with van der Waals surface area (Å²) in [7, 11) is 3.94. The van der Waals surface area contributed by atoms with Crippen LogP contribution in [0.5, 0.6) is 0 Å². The fourth-order valence-electron chi connectivity index (χ4n) is 1.10. The lowest BCUT2D eigenvalue weighted by atomic mass is 10.6. The van der Waals surface area contributed by atoms with E-state index in [-0.39, 0.29) is 0 Å². The SMILES string of the molecule is CN1CN(C)CN(O)C1. The maximum atomic E-state index is 9.00. The molecule has 0 atom stereocenters. The fourth-order valence-corrected chi connectivity index (χ4v) is 1.10. The molecule has 4 nitrogen and oxygen atoms in total. The Kier molecular flexibility index (Phi) is 2.02. The zero-order valence-electron chi connectivity index (χ0n) is 5.91. The van der Waals surface area contributed by atoms with Crippen molar-refractivity contribution < 1.29 is 5.21 Å². The molecule has 1 N–H and O–H groups in total. The Morgan fingerprint density at radius 3 is 1.78 bits per heavy atom. The summed E-state index contributed by atoms with van der Waals surface area (Å²) in [6.45, 7) is 2.21. The molecule has 0 aromatic carbocycles. The predicted molar refractivity (Wildman–Crippen MR) is 33.8 cm³/mol. The molecule has 4 heteroatoms. The molecule has 0 bridgehead atoms. The van der Waals surface area contributed by atoms with E-state index in [4.69, 9.17) is 5.21 Å². The lowest BCUT2D eigenvalue weighted by Crippen LogP contribution is -2.50. The Balaban J connectivity index is 2.34. The fraction of sp³-hybridized carbons (Fsp3) is 1.00. The standard InChI is InChI=1S/C5H13N3O/c1-6-3-7(2)5-8(9)4-6/h9H,3-5H2,1-2H3. The van der Waals surface area contributed by atoms with Gasteiger partial charge < -0.3 is 5.21 Å². The van der Waals surface area contributed by atoms with Crippen LogP contribution in [0.3, 0.4) is 0 Å². The van der Waals surface area contributed by atoms with Gasteiger partial charge >= 0.3 is 0 Å². The van der Waals surface area contributed by atoms with Crippen LogP contribution in [0, 0.1) is 0 Å². The molecule has 1 rings (SSSR count). The van der Waals surface area contributed by atoms with Gasteiger partial charge in [0.05, 0.1) is 20.0 Å². The normalized spacial score (nSPS) is 27.0. The van der Waals surface area contributed by atoms with Crippen molar-refractivity contribution in [3.63, 3.8) is 0 Å². The van der Waals surface area contributed by atoms with Crippen molar-refractivity contribution >= 4 is 0 Å². The van der Waals surface area contributed by atoms with Crippen molar-refractivity contribution in [2.24, 2.45) is 0 Å². The monoisotopic (exact) mass is 131 g/mol. The molecule has 1 aliphatic rings. The Labute approximate surface area is 55.2 Å². The highest BCUT2D eigenvalue weighted by atomic mass is 16.5. The third-order valence-electron chi connectivity index (χ3n) is 1.29. The largest absolute Gasteiger partial charge is 0.311 e. The van der Waals surface area contributed by atoms with E-state index in [1.165, 1.54) is 5.06 Å². The van der Waals surface area contributed by atoms with E-state index in [1.807, 2.05) is 23.9 Å². The van der Waals surface area contributed by atoms with Crippen LogP contribution in [0.4, 0.5) is 0 Å². The molecule has 1 aliphatic heterocycles. The molecular weight excluding hydrogens is 118 g/mol. The zero-order chi connectivity index (χ0) is 6.85. The summed E-state index contributed by atoms with van der Waals surface area (Å²) in [5.41, 5.74) is 0. The van der Waals surface area contributed by atoms with Gasteiger partial charge in [-0.05, 0) is 14.1 Å². The lowest BCUT2D eigenvalue weighted by molar-refractivity contribution is -0.183. The molecule has 0 radical (unpaired) electrons. The van der Waals surface area contributed by atoms with Crippen LogP contribution in [0.25, 0.3) is 0 Å². The van der Waals surface area contributed by atoms with E-state index < -0.39 is 0 Å². The molecule has 0 amide bonds. The molecular formula is C5H13N3O. The van der Waals surface area contributed by atoms with E-state index in [2.05, 4.69) is 0 Å². The van der Waals surface area contributed by atoms with Gasteiger partial charge in [-0.2, -0.15) is 5.06 Å². The summed E-state index contributed by atoms with van der Waals surface area (Å²) in [4.78, 5) is 4.06. The first-order valence-electron chi connectivity index (χ1n) is 2.99. The Morgan fingerprint density at radius 1 is 1.00 bits per heavy atom. The number of hydrogen-bond acceptors (Lipinski definition) is 4. The minimum absolute atomic E-state index is 0.643. The first-order chi connectivity index (χ1) is 4.18. The summed E-state index contributed by atoms with van der Waals surface area (Å²) in [5, 5.41) is 10.3.